The average Bonchev–Trinajstić information content (AvgIpc) is 2.84. The number of benzene rings is 2. The number of hydrogen-bond donors (Lipinski definition) is 2. The third-order valence-corrected chi connectivity index (χ3v) is 8.44. The van der Waals surface area contributed by atoms with Gasteiger partial charge in [-0.2, -0.15) is 0 Å². The fraction of sp³-hybridized carbons (Fsp3) is 0.684. The largest absolute Gasteiger partial charge is 0.507 e. The molecule has 2 N–H and O–H groups in total. The lowest BCUT2D eigenvalue weighted by molar-refractivity contribution is 0.436. The fourth-order valence-corrected chi connectivity index (χ4v) is 5.82. The third kappa shape index (κ3) is 10.5. The summed E-state index contributed by atoms with van der Waals surface area (Å²) in [6.07, 6.45) is 15.4. The minimum absolute atomic E-state index is 0.0393. The molecule has 226 valence electrons. The first-order valence-electron chi connectivity index (χ1n) is 16.4. The van der Waals surface area contributed by atoms with Crippen molar-refractivity contribution in [2.45, 2.75) is 169 Å². The SMILES string of the molecule is CC(C)c1cc(CCCCCCCCCCCCc2cc(C(C)C)c(O)c(C(C)(C)C)c2)cc(C(C)(C)C)c1O. The van der Waals surface area contributed by atoms with Gasteiger partial charge in [0.25, 0.3) is 0 Å². The summed E-state index contributed by atoms with van der Waals surface area (Å²) in [5, 5.41) is 21.6. The van der Waals surface area contributed by atoms with Crippen LogP contribution in [0.15, 0.2) is 24.3 Å². The highest BCUT2D eigenvalue weighted by atomic mass is 16.3. The molecule has 0 saturated carbocycles. The Balaban J connectivity index is 1.65. The van der Waals surface area contributed by atoms with Crippen molar-refractivity contribution in [2.24, 2.45) is 0 Å². The summed E-state index contributed by atoms with van der Waals surface area (Å²) in [6.45, 7) is 21.8. The number of aryl methyl sites for hydroxylation is 2. The van der Waals surface area contributed by atoms with Crippen LogP contribution in [0.4, 0.5) is 0 Å². The maximum atomic E-state index is 10.8. The molecule has 40 heavy (non-hydrogen) atoms. The second-order valence-corrected chi connectivity index (χ2v) is 15.0. The second kappa shape index (κ2) is 15.3. The van der Waals surface area contributed by atoms with Gasteiger partial charge in [-0.05, 0) is 81.7 Å². The first-order valence-corrected chi connectivity index (χ1v) is 16.4. The van der Waals surface area contributed by atoms with Gasteiger partial charge in [0.2, 0.25) is 0 Å². The Morgan fingerprint density at radius 2 is 0.750 bits per heavy atom. The number of phenolic OH excluding ortho intramolecular Hbond substituents is 2. The van der Waals surface area contributed by atoms with Gasteiger partial charge in [-0.25, -0.2) is 0 Å². The monoisotopic (exact) mass is 550 g/mol. The van der Waals surface area contributed by atoms with E-state index < -0.39 is 0 Å². The molecule has 0 atom stereocenters. The number of phenols is 2. The van der Waals surface area contributed by atoms with E-state index in [2.05, 4.69) is 93.5 Å². The van der Waals surface area contributed by atoms with Crippen LogP contribution < -0.4 is 0 Å². The van der Waals surface area contributed by atoms with Crippen molar-refractivity contribution in [3.63, 3.8) is 0 Å². The summed E-state index contributed by atoms with van der Waals surface area (Å²) < 4.78 is 0. The molecular formula is C38H62O2. The van der Waals surface area contributed by atoms with Crippen LogP contribution in [0, 0.1) is 0 Å². The molecule has 0 unspecified atom stereocenters. The van der Waals surface area contributed by atoms with E-state index in [4.69, 9.17) is 0 Å². The van der Waals surface area contributed by atoms with Crippen LogP contribution in [0.3, 0.4) is 0 Å². The lowest BCUT2D eigenvalue weighted by atomic mass is 9.82. The summed E-state index contributed by atoms with van der Waals surface area (Å²) in [4.78, 5) is 0. The fourth-order valence-electron chi connectivity index (χ4n) is 5.82. The molecule has 0 bridgehead atoms. The van der Waals surface area contributed by atoms with Crippen LogP contribution in [0.2, 0.25) is 0 Å². The molecule has 0 saturated heterocycles. The van der Waals surface area contributed by atoms with Crippen LogP contribution >= 0.6 is 0 Å². The van der Waals surface area contributed by atoms with Crippen molar-refractivity contribution in [3.8, 4) is 11.5 Å². The Kier molecular flexibility index (Phi) is 13.1. The molecule has 0 fully saturated rings. The summed E-state index contributed by atoms with van der Waals surface area (Å²) in [5.74, 6) is 1.68. The van der Waals surface area contributed by atoms with Crippen molar-refractivity contribution in [1.29, 1.82) is 0 Å². The summed E-state index contributed by atoms with van der Waals surface area (Å²) >= 11 is 0. The van der Waals surface area contributed by atoms with Gasteiger partial charge in [0.15, 0.2) is 0 Å². The van der Waals surface area contributed by atoms with E-state index in [1.807, 2.05) is 0 Å². The van der Waals surface area contributed by atoms with Crippen molar-refractivity contribution >= 4 is 0 Å². The summed E-state index contributed by atoms with van der Waals surface area (Å²) in [6, 6.07) is 8.97. The van der Waals surface area contributed by atoms with E-state index in [-0.39, 0.29) is 10.8 Å². The van der Waals surface area contributed by atoms with Crippen LogP contribution in [-0.2, 0) is 23.7 Å². The van der Waals surface area contributed by atoms with Gasteiger partial charge in [-0.3, -0.25) is 0 Å². The Morgan fingerprint density at radius 3 is 1.00 bits per heavy atom. The molecule has 2 heteroatoms. The first-order chi connectivity index (χ1) is 18.6. The zero-order valence-electron chi connectivity index (χ0n) is 27.8. The molecule has 2 nitrogen and oxygen atoms in total. The van der Waals surface area contributed by atoms with E-state index in [1.165, 1.54) is 75.3 Å². The van der Waals surface area contributed by atoms with Crippen molar-refractivity contribution in [2.75, 3.05) is 0 Å². The van der Waals surface area contributed by atoms with Gasteiger partial charge in [0.05, 0.1) is 0 Å². The lowest BCUT2D eigenvalue weighted by Crippen LogP contribution is -2.13. The Bertz CT molecular complexity index is 961. The number of unbranched alkanes of at least 4 members (excludes halogenated alkanes) is 9. The number of rotatable bonds is 15. The number of hydrogen-bond acceptors (Lipinski definition) is 2. The zero-order chi connectivity index (χ0) is 30.1. The zero-order valence-corrected chi connectivity index (χ0v) is 27.8. The van der Waals surface area contributed by atoms with E-state index in [1.54, 1.807) is 0 Å². The van der Waals surface area contributed by atoms with Crippen LogP contribution in [0.1, 0.15) is 179 Å². The lowest BCUT2D eigenvalue weighted by Gasteiger charge is -2.24. The second-order valence-electron chi connectivity index (χ2n) is 15.0. The van der Waals surface area contributed by atoms with Crippen LogP contribution in [0.5, 0.6) is 11.5 Å². The van der Waals surface area contributed by atoms with Gasteiger partial charge >= 0.3 is 0 Å². The Hall–Kier alpha value is -1.96. The highest BCUT2D eigenvalue weighted by Gasteiger charge is 2.23. The summed E-state index contributed by atoms with van der Waals surface area (Å²) in [5.41, 5.74) is 7.06. The molecule has 2 aromatic rings. The van der Waals surface area contributed by atoms with E-state index in [9.17, 15) is 10.2 Å². The molecule has 0 heterocycles. The molecule has 0 aliphatic carbocycles. The molecule has 2 rings (SSSR count). The highest BCUT2D eigenvalue weighted by molar-refractivity contribution is 5.49. The molecule has 0 radical (unpaired) electrons. The van der Waals surface area contributed by atoms with Crippen LogP contribution in [0.25, 0.3) is 0 Å². The van der Waals surface area contributed by atoms with Gasteiger partial charge in [-0.15, -0.1) is 0 Å². The Labute approximate surface area is 248 Å². The predicted octanol–water partition coefficient (Wildman–Crippen LogP) is 11.6. The van der Waals surface area contributed by atoms with Crippen LogP contribution in [-0.4, -0.2) is 10.2 Å². The Morgan fingerprint density at radius 1 is 0.475 bits per heavy atom. The van der Waals surface area contributed by atoms with Crippen molar-refractivity contribution in [3.05, 3.63) is 57.6 Å². The van der Waals surface area contributed by atoms with Gasteiger partial charge < -0.3 is 10.2 Å². The standard InChI is InChI=1S/C38H62O2/c1-27(2)31-23-29(25-33(35(31)39)37(5,6)7)21-19-17-15-13-11-12-14-16-18-20-22-30-24-32(28(3)4)36(40)34(26-30)38(8,9)10/h23-28,39-40H,11-22H2,1-10H3. The molecule has 0 aliphatic rings. The average molecular weight is 551 g/mol. The topological polar surface area (TPSA) is 40.5 Å². The van der Waals surface area contributed by atoms with E-state index >= 15 is 0 Å². The molecule has 0 aliphatic heterocycles. The van der Waals surface area contributed by atoms with E-state index in [0.717, 1.165) is 35.1 Å². The minimum atomic E-state index is -0.0393. The maximum Gasteiger partial charge on any atom is 0.122 e. The predicted molar refractivity (Wildman–Crippen MR) is 175 cm³/mol. The van der Waals surface area contributed by atoms with Gasteiger partial charge in [0.1, 0.15) is 11.5 Å². The minimum Gasteiger partial charge on any atom is -0.507 e. The highest BCUT2D eigenvalue weighted by Crippen LogP contribution is 2.39. The van der Waals surface area contributed by atoms with Gasteiger partial charge in [-0.1, -0.05) is 145 Å². The molecule has 0 amide bonds. The van der Waals surface area contributed by atoms with Crippen molar-refractivity contribution < 1.29 is 10.2 Å². The first kappa shape index (κ1) is 34.2. The molecule has 0 spiro atoms. The third-order valence-electron chi connectivity index (χ3n) is 8.44. The van der Waals surface area contributed by atoms with Gasteiger partial charge in [0, 0.05) is 0 Å². The van der Waals surface area contributed by atoms with E-state index in [0.29, 0.717) is 23.3 Å². The maximum absolute atomic E-state index is 10.8. The number of aromatic hydroxyl groups is 2. The quantitative estimate of drug-likeness (QED) is 0.216. The smallest absolute Gasteiger partial charge is 0.122 e. The molecular weight excluding hydrogens is 488 g/mol. The normalized spacial score (nSPS) is 12.6. The molecule has 0 aromatic heterocycles. The summed E-state index contributed by atoms with van der Waals surface area (Å²) in [7, 11) is 0. The molecule has 2 aromatic carbocycles. The van der Waals surface area contributed by atoms with Crippen molar-refractivity contribution in [1.82, 2.24) is 0 Å².